The van der Waals surface area contributed by atoms with Gasteiger partial charge in [-0.05, 0) is 49.6 Å². The number of carbonyl (C=O) groups is 1. The first-order valence-corrected chi connectivity index (χ1v) is 6.68. The van der Waals surface area contributed by atoms with Crippen LogP contribution in [0.1, 0.15) is 23.6 Å². The van der Waals surface area contributed by atoms with Crippen molar-refractivity contribution in [3.8, 4) is 0 Å². The van der Waals surface area contributed by atoms with Crippen LogP contribution in [0.2, 0.25) is 0 Å². The molecule has 0 aliphatic rings. The summed E-state index contributed by atoms with van der Waals surface area (Å²) in [5, 5.41) is 2.96. The first-order chi connectivity index (χ1) is 9.56. The zero-order valence-electron chi connectivity index (χ0n) is 12.1. The summed E-state index contributed by atoms with van der Waals surface area (Å²) < 4.78 is 0. The van der Waals surface area contributed by atoms with Gasteiger partial charge in [0, 0.05) is 11.3 Å². The van der Waals surface area contributed by atoms with Crippen LogP contribution in [-0.2, 0) is 4.79 Å². The van der Waals surface area contributed by atoms with E-state index in [1.165, 1.54) is 0 Å². The maximum absolute atomic E-state index is 12.2. The lowest BCUT2D eigenvalue weighted by Gasteiger charge is -2.09. The number of hydrogen-bond acceptors (Lipinski definition) is 1. The van der Waals surface area contributed by atoms with Gasteiger partial charge in [0.25, 0.3) is 5.91 Å². The fourth-order valence-corrected chi connectivity index (χ4v) is 1.96. The fraction of sp³-hybridized carbons (Fsp3) is 0.167. The number of carbonyl (C=O) groups excluding carboxylic acids is 1. The molecule has 1 amide bonds. The predicted octanol–water partition coefficient (Wildman–Crippen LogP) is 4.35. The lowest BCUT2D eigenvalue weighted by atomic mass is 10.1. The van der Waals surface area contributed by atoms with Crippen LogP contribution in [-0.4, -0.2) is 5.91 Å². The Hall–Kier alpha value is -2.35. The quantitative estimate of drug-likeness (QED) is 0.821. The highest BCUT2D eigenvalue weighted by molar-refractivity contribution is 6.06. The van der Waals surface area contributed by atoms with E-state index in [1.54, 1.807) is 0 Å². The number of anilines is 1. The van der Waals surface area contributed by atoms with E-state index in [1.807, 2.05) is 75.4 Å². The highest BCUT2D eigenvalue weighted by Gasteiger charge is 2.07. The molecule has 0 atom stereocenters. The minimum Gasteiger partial charge on any atom is -0.322 e. The van der Waals surface area contributed by atoms with Crippen LogP contribution in [0.15, 0.2) is 54.1 Å². The van der Waals surface area contributed by atoms with Crippen molar-refractivity contribution in [1.29, 1.82) is 0 Å². The molecule has 0 bridgehead atoms. The van der Waals surface area contributed by atoms with Crippen LogP contribution in [0.3, 0.4) is 0 Å². The van der Waals surface area contributed by atoms with Crippen molar-refractivity contribution in [3.63, 3.8) is 0 Å². The van der Waals surface area contributed by atoms with Crippen LogP contribution < -0.4 is 5.32 Å². The molecule has 2 aromatic carbocycles. The van der Waals surface area contributed by atoms with Crippen molar-refractivity contribution in [2.24, 2.45) is 0 Å². The van der Waals surface area contributed by atoms with E-state index in [0.717, 1.165) is 22.4 Å². The van der Waals surface area contributed by atoms with Crippen molar-refractivity contribution in [1.82, 2.24) is 0 Å². The van der Waals surface area contributed by atoms with Gasteiger partial charge in [0.15, 0.2) is 0 Å². The molecule has 2 nitrogen and oxygen atoms in total. The van der Waals surface area contributed by atoms with Crippen LogP contribution in [0.4, 0.5) is 5.69 Å². The van der Waals surface area contributed by atoms with Gasteiger partial charge in [-0.1, -0.05) is 42.5 Å². The normalized spacial score (nSPS) is 11.2. The van der Waals surface area contributed by atoms with E-state index in [9.17, 15) is 4.79 Å². The van der Waals surface area contributed by atoms with Crippen molar-refractivity contribution in [2.45, 2.75) is 20.8 Å². The van der Waals surface area contributed by atoms with Crippen LogP contribution in [0, 0.1) is 13.8 Å². The summed E-state index contributed by atoms with van der Waals surface area (Å²) in [7, 11) is 0. The highest BCUT2D eigenvalue weighted by atomic mass is 16.1. The Morgan fingerprint density at radius 2 is 1.75 bits per heavy atom. The zero-order valence-corrected chi connectivity index (χ0v) is 12.1. The Morgan fingerprint density at radius 1 is 1.05 bits per heavy atom. The molecule has 0 heterocycles. The summed E-state index contributed by atoms with van der Waals surface area (Å²) in [6.07, 6.45) is 1.89. The number of rotatable bonds is 3. The van der Waals surface area contributed by atoms with Gasteiger partial charge in [-0.3, -0.25) is 4.79 Å². The molecule has 0 spiro atoms. The fourth-order valence-electron chi connectivity index (χ4n) is 1.96. The van der Waals surface area contributed by atoms with Gasteiger partial charge in [0.2, 0.25) is 0 Å². The summed E-state index contributed by atoms with van der Waals surface area (Å²) in [5.74, 6) is -0.0671. The lowest BCUT2D eigenvalue weighted by molar-refractivity contribution is -0.112. The molecule has 2 heteroatoms. The topological polar surface area (TPSA) is 29.1 Å². The number of aryl methyl sites for hydroxylation is 2. The molecule has 0 aromatic heterocycles. The highest BCUT2D eigenvalue weighted by Crippen LogP contribution is 2.17. The van der Waals surface area contributed by atoms with Gasteiger partial charge in [-0.15, -0.1) is 0 Å². The van der Waals surface area contributed by atoms with E-state index < -0.39 is 0 Å². The summed E-state index contributed by atoms with van der Waals surface area (Å²) in [4.78, 5) is 12.2. The molecule has 2 rings (SSSR count). The molecule has 0 saturated heterocycles. The molecule has 1 N–H and O–H groups in total. The van der Waals surface area contributed by atoms with Gasteiger partial charge in [-0.2, -0.15) is 0 Å². The molecule has 102 valence electrons. The smallest absolute Gasteiger partial charge is 0.251 e. The monoisotopic (exact) mass is 265 g/mol. The third kappa shape index (κ3) is 3.58. The molecular weight excluding hydrogens is 246 g/mol. The Kier molecular flexibility index (Phi) is 4.36. The lowest BCUT2D eigenvalue weighted by Crippen LogP contribution is -2.13. The first kappa shape index (κ1) is 14.1. The number of hydrogen-bond donors (Lipinski definition) is 1. The molecule has 0 saturated carbocycles. The van der Waals surface area contributed by atoms with E-state index in [-0.39, 0.29) is 5.91 Å². The van der Waals surface area contributed by atoms with Gasteiger partial charge in [0.1, 0.15) is 0 Å². The maximum atomic E-state index is 12.2. The van der Waals surface area contributed by atoms with Gasteiger partial charge < -0.3 is 5.32 Å². The summed E-state index contributed by atoms with van der Waals surface area (Å²) in [6.45, 7) is 5.83. The number of benzene rings is 2. The SMILES string of the molecule is C/C(=C\c1ccccc1)C(=O)Nc1cc(C)ccc1C. The standard InChI is InChI=1S/C18H19NO/c1-13-9-10-14(2)17(11-13)19-18(20)15(3)12-16-7-5-4-6-8-16/h4-12H,1-3H3,(H,19,20)/b15-12+. The number of nitrogens with one attached hydrogen (secondary N) is 1. The van der Waals surface area contributed by atoms with Gasteiger partial charge in [0.05, 0.1) is 0 Å². The predicted molar refractivity (Wildman–Crippen MR) is 84.6 cm³/mol. The molecule has 0 aliphatic heterocycles. The summed E-state index contributed by atoms with van der Waals surface area (Å²) >= 11 is 0. The Labute approximate surface area is 120 Å². The largest absolute Gasteiger partial charge is 0.322 e. The van der Waals surface area contributed by atoms with Gasteiger partial charge in [-0.25, -0.2) is 0 Å². The Balaban J connectivity index is 2.16. The molecule has 20 heavy (non-hydrogen) atoms. The second-order valence-electron chi connectivity index (χ2n) is 5.01. The maximum Gasteiger partial charge on any atom is 0.251 e. The van der Waals surface area contributed by atoms with Crippen LogP contribution >= 0.6 is 0 Å². The number of amides is 1. The van der Waals surface area contributed by atoms with E-state index in [4.69, 9.17) is 0 Å². The van der Waals surface area contributed by atoms with Crippen molar-refractivity contribution < 1.29 is 4.79 Å². The average Bonchev–Trinajstić information content (AvgIpc) is 2.44. The molecular formula is C18H19NO. The Bertz CT molecular complexity index is 642. The summed E-state index contributed by atoms with van der Waals surface area (Å²) in [6, 6.07) is 15.9. The van der Waals surface area contributed by atoms with E-state index >= 15 is 0 Å². The van der Waals surface area contributed by atoms with Crippen LogP contribution in [0.5, 0.6) is 0 Å². The van der Waals surface area contributed by atoms with E-state index in [0.29, 0.717) is 5.57 Å². The van der Waals surface area contributed by atoms with Crippen molar-refractivity contribution >= 4 is 17.7 Å². The second-order valence-corrected chi connectivity index (χ2v) is 5.01. The van der Waals surface area contributed by atoms with Crippen molar-refractivity contribution in [3.05, 3.63) is 70.8 Å². The summed E-state index contributed by atoms with van der Waals surface area (Å²) in [5.41, 5.74) is 4.79. The van der Waals surface area contributed by atoms with E-state index in [2.05, 4.69) is 5.32 Å². The Morgan fingerprint density at radius 3 is 2.45 bits per heavy atom. The minimum atomic E-state index is -0.0671. The second kappa shape index (κ2) is 6.20. The third-order valence-electron chi connectivity index (χ3n) is 3.18. The van der Waals surface area contributed by atoms with Crippen molar-refractivity contribution in [2.75, 3.05) is 5.32 Å². The molecule has 0 fully saturated rings. The molecule has 0 aliphatic carbocycles. The minimum absolute atomic E-state index is 0.0671. The average molecular weight is 265 g/mol. The first-order valence-electron chi connectivity index (χ1n) is 6.68. The van der Waals surface area contributed by atoms with Gasteiger partial charge >= 0.3 is 0 Å². The third-order valence-corrected chi connectivity index (χ3v) is 3.18. The molecule has 0 unspecified atom stereocenters. The molecule has 2 aromatic rings. The molecule has 0 radical (unpaired) electrons. The van der Waals surface area contributed by atoms with Crippen LogP contribution in [0.25, 0.3) is 6.08 Å². The zero-order chi connectivity index (χ0) is 14.5.